The van der Waals surface area contributed by atoms with Crippen LogP contribution in [0.5, 0.6) is 0 Å². The molecule has 0 bridgehead atoms. The Morgan fingerprint density at radius 1 is 0.676 bits per heavy atom. The average Bonchev–Trinajstić information content (AvgIpc) is 2.77. The minimum atomic E-state index is -0.582. The second kappa shape index (κ2) is 13.1. The number of hydrogen-bond donors (Lipinski definition) is 2. The van der Waals surface area contributed by atoms with E-state index < -0.39 is 11.8 Å². The smallest absolute Gasteiger partial charge is 0.309 e. The number of carbonyl (C=O) groups is 2. The minimum Gasteiger partial charge on any atom is -0.348 e. The molecule has 2 rings (SSSR count). The molecular weight excluding hydrogens is 471 g/mol. The predicted molar refractivity (Wildman–Crippen MR) is 140 cm³/mol. The molecule has 2 aromatic carbocycles. The van der Waals surface area contributed by atoms with Gasteiger partial charge in [0.15, 0.2) is 0 Å². The molecule has 0 aliphatic rings. The van der Waals surface area contributed by atoms with Gasteiger partial charge in [0.1, 0.15) is 13.1 Å². The third-order valence-corrected chi connectivity index (χ3v) is 6.51. The maximum Gasteiger partial charge on any atom is 0.309 e. The number of hydrogen-bond acceptors (Lipinski definition) is 2. The summed E-state index contributed by atoms with van der Waals surface area (Å²) in [5, 5.41) is 6.98. The van der Waals surface area contributed by atoms with Crippen LogP contribution in [0, 0.1) is 0 Å². The first-order valence-corrected chi connectivity index (χ1v) is 12.4. The van der Waals surface area contributed by atoms with Crippen LogP contribution in [0.2, 0.25) is 10.0 Å². The van der Waals surface area contributed by atoms with E-state index in [4.69, 9.17) is 23.2 Å². The predicted octanol–water partition coefficient (Wildman–Crippen LogP) is 3.86. The number of carbonyl (C=O) groups excluding carboxylic acids is 2. The van der Waals surface area contributed by atoms with E-state index in [1.807, 2.05) is 48.5 Å². The zero-order valence-electron chi connectivity index (χ0n) is 20.7. The second-order valence-electron chi connectivity index (χ2n) is 10.0. The number of benzene rings is 2. The fraction of sp³-hybridized carbons (Fsp3) is 0.462. The SMILES string of the molecule is C[N+](C)(CCCNC(=O)C(=O)NCCC[N+](C)(C)Cc1ccccc1Cl)Cc1ccccc1Cl. The van der Waals surface area contributed by atoms with Crippen LogP contribution in [-0.4, -0.2) is 75.2 Å². The largest absolute Gasteiger partial charge is 0.348 e. The molecule has 34 heavy (non-hydrogen) atoms. The van der Waals surface area contributed by atoms with Gasteiger partial charge in [0.2, 0.25) is 0 Å². The maximum atomic E-state index is 12.1. The van der Waals surface area contributed by atoms with Crippen molar-refractivity contribution in [3.63, 3.8) is 0 Å². The Morgan fingerprint density at radius 2 is 1.03 bits per heavy atom. The van der Waals surface area contributed by atoms with Crippen LogP contribution in [0.1, 0.15) is 24.0 Å². The molecule has 0 aromatic heterocycles. The van der Waals surface area contributed by atoms with E-state index in [9.17, 15) is 9.59 Å². The van der Waals surface area contributed by atoms with E-state index in [0.717, 1.165) is 69.2 Å². The molecule has 0 aliphatic heterocycles. The molecule has 0 fully saturated rings. The lowest BCUT2D eigenvalue weighted by molar-refractivity contribution is -0.903. The van der Waals surface area contributed by atoms with Crippen molar-refractivity contribution in [1.82, 2.24) is 10.6 Å². The fourth-order valence-corrected chi connectivity index (χ4v) is 4.30. The van der Waals surface area contributed by atoms with Crippen LogP contribution in [0.15, 0.2) is 48.5 Å². The summed E-state index contributed by atoms with van der Waals surface area (Å²) < 4.78 is 1.49. The van der Waals surface area contributed by atoms with Crippen LogP contribution in [0.3, 0.4) is 0 Å². The number of nitrogens with one attached hydrogen (secondary N) is 2. The number of rotatable bonds is 12. The number of nitrogens with zero attached hydrogens (tertiary/aromatic N) is 2. The van der Waals surface area contributed by atoms with E-state index in [1.165, 1.54) is 0 Å². The molecular formula is C26H38Cl2N4O2+2. The van der Waals surface area contributed by atoms with Crippen molar-refractivity contribution < 1.29 is 18.6 Å². The van der Waals surface area contributed by atoms with Gasteiger partial charge in [-0.3, -0.25) is 9.59 Å². The molecule has 2 N–H and O–H groups in total. The topological polar surface area (TPSA) is 58.2 Å². The standard InChI is InChI=1S/C26H36Cl2N4O2/c1-31(2,19-21-11-5-7-13-23(21)27)17-9-15-29-25(33)26(34)30-16-10-18-32(3,4)20-22-12-6-8-14-24(22)28/h5-8,11-14H,9-10,15-20H2,1-4H3/p+2. The van der Waals surface area contributed by atoms with Gasteiger partial charge < -0.3 is 19.6 Å². The fourth-order valence-electron chi connectivity index (χ4n) is 3.91. The summed E-state index contributed by atoms with van der Waals surface area (Å²) in [6.45, 7) is 4.23. The summed E-state index contributed by atoms with van der Waals surface area (Å²) >= 11 is 12.5. The average molecular weight is 510 g/mol. The van der Waals surface area contributed by atoms with Gasteiger partial charge in [0.05, 0.1) is 41.3 Å². The van der Waals surface area contributed by atoms with Gasteiger partial charge in [0, 0.05) is 47.1 Å². The highest BCUT2D eigenvalue weighted by Gasteiger charge is 2.20. The van der Waals surface area contributed by atoms with Crippen LogP contribution >= 0.6 is 23.2 Å². The van der Waals surface area contributed by atoms with Gasteiger partial charge in [-0.25, -0.2) is 0 Å². The van der Waals surface area contributed by atoms with E-state index in [0.29, 0.717) is 13.1 Å². The van der Waals surface area contributed by atoms with Crippen molar-refractivity contribution in [1.29, 1.82) is 0 Å². The molecule has 0 aliphatic carbocycles. The first kappa shape index (κ1) is 28.1. The zero-order chi connectivity index (χ0) is 25.2. The van der Waals surface area contributed by atoms with Gasteiger partial charge in [-0.1, -0.05) is 59.6 Å². The number of amides is 2. The van der Waals surface area contributed by atoms with E-state index >= 15 is 0 Å². The first-order chi connectivity index (χ1) is 16.0. The monoisotopic (exact) mass is 508 g/mol. The summed E-state index contributed by atoms with van der Waals surface area (Å²) in [4.78, 5) is 24.2. The Hall–Kier alpha value is -2.12. The highest BCUT2D eigenvalue weighted by Crippen LogP contribution is 2.20. The summed E-state index contributed by atoms with van der Waals surface area (Å²) in [6.07, 6.45) is 1.54. The molecule has 0 radical (unpaired) electrons. The molecule has 2 amide bonds. The Balaban J connectivity index is 1.63. The molecule has 6 nitrogen and oxygen atoms in total. The van der Waals surface area contributed by atoms with Crippen molar-refractivity contribution in [3.8, 4) is 0 Å². The second-order valence-corrected chi connectivity index (χ2v) is 10.9. The van der Waals surface area contributed by atoms with Gasteiger partial charge >= 0.3 is 11.8 Å². The molecule has 2 aromatic rings. The maximum absolute atomic E-state index is 12.1. The zero-order valence-corrected chi connectivity index (χ0v) is 22.3. The van der Waals surface area contributed by atoms with Crippen LogP contribution < -0.4 is 10.6 Å². The van der Waals surface area contributed by atoms with Gasteiger partial charge in [-0.2, -0.15) is 0 Å². The van der Waals surface area contributed by atoms with E-state index in [-0.39, 0.29) is 0 Å². The highest BCUT2D eigenvalue weighted by atomic mass is 35.5. The molecule has 0 saturated heterocycles. The molecule has 0 atom stereocenters. The van der Waals surface area contributed by atoms with Gasteiger partial charge in [-0.15, -0.1) is 0 Å². The molecule has 8 heteroatoms. The van der Waals surface area contributed by atoms with Crippen molar-refractivity contribution in [3.05, 3.63) is 69.7 Å². The lowest BCUT2D eigenvalue weighted by Gasteiger charge is -2.30. The third kappa shape index (κ3) is 10.0. The lowest BCUT2D eigenvalue weighted by Crippen LogP contribution is -2.44. The van der Waals surface area contributed by atoms with E-state index in [1.54, 1.807) is 0 Å². The van der Waals surface area contributed by atoms with Gasteiger partial charge in [-0.05, 0) is 12.1 Å². The summed E-state index contributed by atoms with van der Waals surface area (Å²) in [7, 11) is 8.51. The lowest BCUT2D eigenvalue weighted by atomic mass is 10.2. The third-order valence-electron chi connectivity index (χ3n) is 5.77. The Morgan fingerprint density at radius 3 is 1.38 bits per heavy atom. The highest BCUT2D eigenvalue weighted by molar-refractivity contribution is 6.35. The van der Waals surface area contributed by atoms with Crippen molar-refractivity contribution in [2.75, 3.05) is 54.4 Å². The van der Waals surface area contributed by atoms with Crippen molar-refractivity contribution in [2.45, 2.75) is 25.9 Å². The molecule has 0 unspecified atom stereocenters. The molecule has 0 saturated carbocycles. The van der Waals surface area contributed by atoms with Crippen LogP contribution in [0.25, 0.3) is 0 Å². The van der Waals surface area contributed by atoms with Crippen molar-refractivity contribution >= 4 is 35.0 Å². The van der Waals surface area contributed by atoms with Crippen LogP contribution in [0.4, 0.5) is 0 Å². The Bertz CT molecular complexity index is 886. The first-order valence-electron chi connectivity index (χ1n) is 11.7. The number of quaternary nitrogens is 2. The number of halogens is 2. The molecule has 0 spiro atoms. The van der Waals surface area contributed by atoms with Crippen LogP contribution in [-0.2, 0) is 22.7 Å². The summed E-state index contributed by atoms with van der Waals surface area (Å²) in [5.41, 5.74) is 2.21. The quantitative estimate of drug-likeness (QED) is 0.260. The molecule has 186 valence electrons. The van der Waals surface area contributed by atoms with Crippen molar-refractivity contribution in [2.24, 2.45) is 0 Å². The van der Waals surface area contributed by atoms with E-state index in [2.05, 4.69) is 38.8 Å². The normalized spacial score (nSPS) is 11.8. The minimum absolute atomic E-state index is 0.457. The Labute approximate surface area is 214 Å². The summed E-state index contributed by atoms with van der Waals surface area (Å²) in [6, 6.07) is 15.7. The molecule has 0 heterocycles. The Kier molecular flexibility index (Phi) is 10.8. The van der Waals surface area contributed by atoms with Gasteiger partial charge in [0.25, 0.3) is 0 Å². The summed E-state index contributed by atoms with van der Waals surface area (Å²) in [5.74, 6) is -1.16.